The predicted octanol–water partition coefficient (Wildman–Crippen LogP) is 4.45. The third kappa shape index (κ3) is 5.74. The van der Waals surface area contributed by atoms with E-state index in [-0.39, 0.29) is 0 Å². The number of hydrogen-bond donors (Lipinski definition) is 1. The first-order valence-electron chi connectivity index (χ1n) is 10.1. The Kier molecular flexibility index (Phi) is 7.80. The molecule has 1 aliphatic rings. The number of ether oxygens (including phenoxy) is 1. The van der Waals surface area contributed by atoms with Crippen LogP contribution >= 0.6 is 11.8 Å². The maximum atomic E-state index is 6.18. The van der Waals surface area contributed by atoms with Crippen LogP contribution in [0.3, 0.4) is 0 Å². The van der Waals surface area contributed by atoms with E-state index in [9.17, 15) is 0 Å². The van der Waals surface area contributed by atoms with Crippen molar-refractivity contribution in [2.45, 2.75) is 37.9 Å². The molecule has 0 saturated carbocycles. The highest BCUT2D eigenvalue weighted by atomic mass is 32.2. The Morgan fingerprint density at radius 2 is 1.75 bits per heavy atom. The molecule has 28 heavy (non-hydrogen) atoms. The fourth-order valence-electron chi connectivity index (χ4n) is 3.63. The van der Waals surface area contributed by atoms with Crippen molar-refractivity contribution in [1.29, 1.82) is 0 Å². The Bertz CT molecular complexity index is 740. The van der Waals surface area contributed by atoms with Crippen molar-refractivity contribution in [3.63, 3.8) is 0 Å². The molecule has 0 radical (unpaired) electrons. The molecule has 0 aliphatic carbocycles. The lowest BCUT2D eigenvalue weighted by atomic mass is 10.1. The molecule has 1 fully saturated rings. The molecule has 1 heterocycles. The molecule has 5 heteroatoms. The van der Waals surface area contributed by atoms with Crippen molar-refractivity contribution in [3.8, 4) is 11.5 Å². The van der Waals surface area contributed by atoms with Crippen LogP contribution in [-0.2, 0) is 13.1 Å². The summed E-state index contributed by atoms with van der Waals surface area (Å²) < 4.78 is 6.18. The summed E-state index contributed by atoms with van der Waals surface area (Å²) in [6.07, 6.45) is 2.09. The van der Waals surface area contributed by atoms with E-state index in [1.165, 1.54) is 16.0 Å². The lowest BCUT2D eigenvalue weighted by Gasteiger charge is -2.37. The lowest BCUT2D eigenvalue weighted by molar-refractivity contribution is 0.104. The summed E-state index contributed by atoms with van der Waals surface area (Å²) >= 11 is 1.74. The molecule has 2 aromatic carbocycles. The zero-order chi connectivity index (χ0) is 19.9. The third-order valence-corrected chi connectivity index (χ3v) is 6.07. The van der Waals surface area contributed by atoms with Gasteiger partial charge in [-0.2, -0.15) is 0 Å². The van der Waals surface area contributed by atoms with Gasteiger partial charge in [0.05, 0.1) is 0 Å². The molecular formula is C23H33N3OS. The van der Waals surface area contributed by atoms with Gasteiger partial charge in [0, 0.05) is 55.8 Å². The van der Waals surface area contributed by atoms with Crippen LogP contribution in [0.2, 0.25) is 0 Å². The normalized spacial score (nSPS) is 15.9. The molecule has 0 atom stereocenters. The van der Waals surface area contributed by atoms with E-state index in [0.717, 1.165) is 50.8 Å². The highest BCUT2D eigenvalue weighted by Gasteiger charge is 2.19. The van der Waals surface area contributed by atoms with Crippen molar-refractivity contribution in [1.82, 2.24) is 15.1 Å². The SMILES string of the molecule is CNCc1cc(CN2CCN(C(C)C)CC2)ccc1Oc1ccc(SC)cc1. The summed E-state index contributed by atoms with van der Waals surface area (Å²) in [4.78, 5) is 6.36. The Balaban J connectivity index is 1.66. The molecule has 0 aromatic heterocycles. The highest BCUT2D eigenvalue weighted by molar-refractivity contribution is 7.98. The Hall–Kier alpha value is -1.53. The van der Waals surface area contributed by atoms with Crippen LogP contribution in [0.4, 0.5) is 0 Å². The Morgan fingerprint density at radius 3 is 2.36 bits per heavy atom. The van der Waals surface area contributed by atoms with Crippen molar-refractivity contribution in [3.05, 3.63) is 53.6 Å². The average molecular weight is 400 g/mol. The van der Waals surface area contributed by atoms with E-state index in [2.05, 4.69) is 65.6 Å². The minimum Gasteiger partial charge on any atom is -0.457 e. The second-order valence-electron chi connectivity index (χ2n) is 7.66. The van der Waals surface area contributed by atoms with Crippen molar-refractivity contribution in [2.24, 2.45) is 0 Å². The summed E-state index contributed by atoms with van der Waals surface area (Å²) in [5.74, 6) is 1.81. The van der Waals surface area contributed by atoms with Crippen LogP contribution in [0, 0.1) is 0 Å². The van der Waals surface area contributed by atoms with Gasteiger partial charge in [0.1, 0.15) is 11.5 Å². The van der Waals surface area contributed by atoms with E-state index in [0.29, 0.717) is 6.04 Å². The largest absolute Gasteiger partial charge is 0.457 e. The summed E-state index contributed by atoms with van der Waals surface area (Å²) in [5, 5.41) is 3.27. The second kappa shape index (κ2) is 10.3. The molecule has 2 aromatic rings. The fraction of sp³-hybridized carbons (Fsp3) is 0.478. The molecule has 1 saturated heterocycles. The Morgan fingerprint density at radius 1 is 1.04 bits per heavy atom. The van der Waals surface area contributed by atoms with Gasteiger partial charge in [-0.3, -0.25) is 9.80 Å². The number of thioether (sulfide) groups is 1. The summed E-state index contributed by atoms with van der Waals surface area (Å²) in [5.41, 5.74) is 2.56. The molecule has 1 N–H and O–H groups in total. The smallest absolute Gasteiger partial charge is 0.131 e. The van der Waals surface area contributed by atoms with Crippen LogP contribution in [0.15, 0.2) is 47.4 Å². The maximum Gasteiger partial charge on any atom is 0.131 e. The predicted molar refractivity (Wildman–Crippen MR) is 119 cm³/mol. The van der Waals surface area contributed by atoms with Crippen LogP contribution < -0.4 is 10.1 Å². The van der Waals surface area contributed by atoms with Crippen LogP contribution in [-0.4, -0.2) is 55.3 Å². The van der Waals surface area contributed by atoms with Gasteiger partial charge in [-0.15, -0.1) is 11.8 Å². The van der Waals surface area contributed by atoms with Crippen molar-refractivity contribution < 1.29 is 4.74 Å². The first-order valence-corrected chi connectivity index (χ1v) is 11.4. The molecule has 0 unspecified atom stereocenters. The van der Waals surface area contributed by atoms with E-state index >= 15 is 0 Å². The molecule has 152 valence electrons. The number of benzene rings is 2. The first-order chi connectivity index (χ1) is 13.6. The number of rotatable bonds is 8. The molecule has 1 aliphatic heterocycles. The fourth-order valence-corrected chi connectivity index (χ4v) is 4.03. The zero-order valence-corrected chi connectivity index (χ0v) is 18.4. The standard InChI is InChI=1S/C23H33N3OS/c1-18(2)26-13-11-25(12-14-26)17-19-5-10-23(20(15-19)16-24-3)27-21-6-8-22(28-4)9-7-21/h5-10,15,18,24H,11-14,16-17H2,1-4H3. The maximum absolute atomic E-state index is 6.18. The second-order valence-corrected chi connectivity index (χ2v) is 8.54. The Labute approximate surface area is 174 Å². The van der Waals surface area contributed by atoms with E-state index < -0.39 is 0 Å². The summed E-state index contributed by atoms with van der Waals surface area (Å²) in [7, 11) is 1.98. The van der Waals surface area contributed by atoms with Gasteiger partial charge in [-0.1, -0.05) is 6.07 Å². The molecule has 0 bridgehead atoms. The quantitative estimate of drug-likeness (QED) is 0.662. The van der Waals surface area contributed by atoms with Gasteiger partial charge in [0.15, 0.2) is 0 Å². The van der Waals surface area contributed by atoms with Crippen LogP contribution in [0.5, 0.6) is 11.5 Å². The minimum absolute atomic E-state index is 0.644. The third-order valence-electron chi connectivity index (χ3n) is 5.32. The van der Waals surface area contributed by atoms with E-state index in [4.69, 9.17) is 4.74 Å². The monoisotopic (exact) mass is 399 g/mol. The van der Waals surface area contributed by atoms with Crippen molar-refractivity contribution in [2.75, 3.05) is 39.5 Å². The van der Waals surface area contributed by atoms with Gasteiger partial charge in [0.2, 0.25) is 0 Å². The van der Waals surface area contributed by atoms with Gasteiger partial charge in [-0.05, 0) is 69.1 Å². The van der Waals surface area contributed by atoms with Crippen LogP contribution in [0.25, 0.3) is 0 Å². The molecular weight excluding hydrogens is 366 g/mol. The topological polar surface area (TPSA) is 27.7 Å². The zero-order valence-electron chi connectivity index (χ0n) is 17.6. The van der Waals surface area contributed by atoms with Gasteiger partial charge >= 0.3 is 0 Å². The van der Waals surface area contributed by atoms with Gasteiger partial charge < -0.3 is 10.1 Å². The number of nitrogens with one attached hydrogen (secondary N) is 1. The number of nitrogens with zero attached hydrogens (tertiary/aromatic N) is 2. The van der Waals surface area contributed by atoms with E-state index in [1.807, 2.05) is 19.2 Å². The number of hydrogen-bond acceptors (Lipinski definition) is 5. The van der Waals surface area contributed by atoms with Gasteiger partial charge in [-0.25, -0.2) is 0 Å². The lowest BCUT2D eigenvalue weighted by Crippen LogP contribution is -2.48. The molecule has 4 nitrogen and oxygen atoms in total. The highest BCUT2D eigenvalue weighted by Crippen LogP contribution is 2.28. The molecule has 3 rings (SSSR count). The number of piperazine rings is 1. The first kappa shape index (κ1) is 21.2. The van der Waals surface area contributed by atoms with Crippen molar-refractivity contribution >= 4 is 11.8 Å². The van der Waals surface area contributed by atoms with E-state index in [1.54, 1.807) is 11.8 Å². The molecule has 0 spiro atoms. The minimum atomic E-state index is 0.644. The molecule has 0 amide bonds. The van der Waals surface area contributed by atoms with Crippen LogP contribution in [0.1, 0.15) is 25.0 Å². The summed E-state index contributed by atoms with van der Waals surface area (Å²) in [6.45, 7) is 11.0. The average Bonchev–Trinajstić information content (AvgIpc) is 2.71. The van der Waals surface area contributed by atoms with Gasteiger partial charge in [0.25, 0.3) is 0 Å². The summed E-state index contributed by atoms with van der Waals surface area (Å²) in [6, 6.07) is 15.5.